The van der Waals surface area contributed by atoms with Crippen LogP contribution in [-0.2, 0) is 4.79 Å². The molecule has 22 heavy (non-hydrogen) atoms. The molecule has 3 heteroatoms. The number of nitrogens with zero attached hydrogens (tertiary/aromatic N) is 1. The number of hydrogen-bond donors (Lipinski definition) is 1. The van der Waals surface area contributed by atoms with E-state index in [1.54, 1.807) is 0 Å². The summed E-state index contributed by atoms with van der Waals surface area (Å²) < 4.78 is 0. The van der Waals surface area contributed by atoms with Crippen LogP contribution in [0.1, 0.15) is 40.5 Å². The fourth-order valence-corrected chi connectivity index (χ4v) is 3.27. The zero-order valence-electron chi connectivity index (χ0n) is 14.4. The second-order valence-electron chi connectivity index (χ2n) is 5.53. The molecule has 1 saturated carbocycles. The summed E-state index contributed by atoms with van der Waals surface area (Å²) in [6, 6.07) is 0. The fourth-order valence-electron chi connectivity index (χ4n) is 3.27. The summed E-state index contributed by atoms with van der Waals surface area (Å²) in [4.78, 5) is 14.9. The molecule has 0 spiro atoms. The maximum absolute atomic E-state index is 12.9. The number of allylic oxidation sites excluding steroid dienone is 4. The average Bonchev–Trinajstić information content (AvgIpc) is 3.25. The SMILES string of the molecule is CC.CCN(CC)C(=O)[C@@]1(C2/C=C\C=C/C#CC2)C[C@H]1CN. The van der Waals surface area contributed by atoms with Gasteiger partial charge in [-0.3, -0.25) is 4.79 Å². The molecule has 0 aromatic carbocycles. The number of amides is 1. The molecule has 1 amide bonds. The highest BCUT2D eigenvalue weighted by Crippen LogP contribution is 2.59. The molecular weight excluding hydrogens is 272 g/mol. The van der Waals surface area contributed by atoms with E-state index in [9.17, 15) is 4.79 Å². The maximum atomic E-state index is 12.9. The van der Waals surface area contributed by atoms with Crippen molar-refractivity contribution < 1.29 is 4.79 Å². The van der Waals surface area contributed by atoms with Gasteiger partial charge in [0.25, 0.3) is 0 Å². The molecule has 0 heterocycles. The Morgan fingerprint density at radius 3 is 2.55 bits per heavy atom. The molecular formula is C19H30N2O. The second-order valence-corrected chi connectivity index (χ2v) is 5.53. The van der Waals surface area contributed by atoms with Crippen LogP contribution < -0.4 is 5.73 Å². The highest BCUT2D eigenvalue weighted by atomic mass is 16.2. The Kier molecular flexibility index (Phi) is 7.41. The van der Waals surface area contributed by atoms with Crippen molar-refractivity contribution in [2.24, 2.45) is 23.0 Å². The van der Waals surface area contributed by atoms with Gasteiger partial charge in [0.05, 0.1) is 5.41 Å². The van der Waals surface area contributed by atoms with Crippen LogP contribution in [0.5, 0.6) is 0 Å². The van der Waals surface area contributed by atoms with Crippen LogP contribution in [0.15, 0.2) is 24.3 Å². The minimum atomic E-state index is -0.308. The topological polar surface area (TPSA) is 46.3 Å². The number of hydrogen-bond acceptors (Lipinski definition) is 2. The lowest BCUT2D eigenvalue weighted by atomic mass is 9.82. The van der Waals surface area contributed by atoms with Crippen LogP contribution >= 0.6 is 0 Å². The van der Waals surface area contributed by atoms with E-state index in [0.29, 0.717) is 12.5 Å². The van der Waals surface area contributed by atoms with Crippen molar-refractivity contribution in [3.8, 4) is 11.8 Å². The number of nitrogens with two attached hydrogens (primary N) is 1. The van der Waals surface area contributed by atoms with Crippen molar-refractivity contribution in [2.75, 3.05) is 19.6 Å². The van der Waals surface area contributed by atoms with Crippen LogP contribution in [0, 0.1) is 29.1 Å². The Morgan fingerprint density at radius 2 is 2.00 bits per heavy atom. The minimum Gasteiger partial charge on any atom is -0.343 e. The zero-order chi connectivity index (χ0) is 16.6. The van der Waals surface area contributed by atoms with Crippen molar-refractivity contribution in [1.29, 1.82) is 0 Å². The number of rotatable bonds is 5. The van der Waals surface area contributed by atoms with Crippen molar-refractivity contribution in [3.05, 3.63) is 24.3 Å². The molecule has 0 aromatic heterocycles. The summed E-state index contributed by atoms with van der Waals surface area (Å²) in [5.74, 6) is 6.91. The summed E-state index contributed by atoms with van der Waals surface area (Å²) in [6.07, 6.45) is 9.58. The van der Waals surface area contributed by atoms with Crippen LogP contribution in [0.2, 0.25) is 0 Å². The molecule has 1 fully saturated rings. The fraction of sp³-hybridized carbons (Fsp3) is 0.632. The third-order valence-electron chi connectivity index (χ3n) is 4.61. The number of carbonyl (C=O) groups excluding carboxylic acids is 1. The van der Waals surface area contributed by atoms with E-state index >= 15 is 0 Å². The van der Waals surface area contributed by atoms with E-state index < -0.39 is 0 Å². The van der Waals surface area contributed by atoms with Gasteiger partial charge in [0.2, 0.25) is 5.91 Å². The summed E-state index contributed by atoms with van der Waals surface area (Å²) in [5.41, 5.74) is 5.55. The van der Waals surface area contributed by atoms with Crippen molar-refractivity contribution >= 4 is 5.91 Å². The average molecular weight is 302 g/mol. The molecule has 0 aliphatic heterocycles. The van der Waals surface area contributed by atoms with Crippen molar-refractivity contribution in [1.82, 2.24) is 4.90 Å². The predicted molar refractivity (Wildman–Crippen MR) is 93.0 cm³/mol. The summed E-state index contributed by atoms with van der Waals surface area (Å²) in [5, 5.41) is 0. The molecule has 2 aliphatic rings. The normalized spacial score (nSPS) is 31.3. The first-order chi connectivity index (χ1) is 10.7. The molecule has 0 radical (unpaired) electrons. The molecule has 2 rings (SSSR count). The van der Waals surface area contributed by atoms with E-state index in [1.165, 1.54) is 0 Å². The highest BCUT2D eigenvalue weighted by molar-refractivity contribution is 5.87. The van der Waals surface area contributed by atoms with Crippen molar-refractivity contribution in [3.63, 3.8) is 0 Å². The number of carbonyl (C=O) groups is 1. The predicted octanol–water partition coefficient (Wildman–Crippen LogP) is 2.98. The first-order valence-corrected chi connectivity index (χ1v) is 8.51. The van der Waals surface area contributed by atoms with Gasteiger partial charge in [-0.25, -0.2) is 0 Å². The van der Waals surface area contributed by atoms with E-state index in [2.05, 4.69) is 17.9 Å². The standard InChI is InChI=1S/C17H24N2O.C2H6/c1-3-19(4-2)16(20)17(12-15(17)13-18)14-10-8-6-5-7-9-11-14;1-2/h5-6,8,10,14-15H,3-4,11-13,18H2,1-2H3;1-2H3/b6-5-,10-8-;/t14?,15-,17+;/m0./s1. The van der Waals surface area contributed by atoms with Gasteiger partial charge in [-0.2, -0.15) is 0 Å². The Labute approximate surface area is 135 Å². The molecule has 0 saturated heterocycles. The van der Waals surface area contributed by atoms with E-state index in [1.807, 2.05) is 50.8 Å². The second kappa shape index (κ2) is 8.80. The molecule has 122 valence electrons. The zero-order valence-corrected chi connectivity index (χ0v) is 14.4. The third kappa shape index (κ3) is 3.62. The smallest absolute Gasteiger partial charge is 0.229 e. The molecule has 3 atom stereocenters. The summed E-state index contributed by atoms with van der Waals surface area (Å²) in [6.45, 7) is 10.2. The molecule has 2 aliphatic carbocycles. The summed E-state index contributed by atoms with van der Waals surface area (Å²) >= 11 is 0. The van der Waals surface area contributed by atoms with Gasteiger partial charge in [-0.15, -0.1) is 0 Å². The van der Waals surface area contributed by atoms with Crippen LogP contribution in [0.4, 0.5) is 0 Å². The van der Waals surface area contributed by atoms with Crippen LogP contribution in [-0.4, -0.2) is 30.4 Å². The Morgan fingerprint density at radius 1 is 1.32 bits per heavy atom. The van der Waals surface area contributed by atoms with Gasteiger partial charge in [0, 0.05) is 25.4 Å². The summed E-state index contributed by atoms with van der Waals surface area (Å²) in [7, 11) is 0. The monoisotopic (exact) mass is 302 g/mol. The largest absolute Gasteiger partial charge is 0.343 e. The van der Waals surface area contributed by atoms with Crippen molar-refractivity contribution in [2.45, 2.75) is 40.5 Å². The van der Waals surface area contributed by atoms with Gasteiger partial charge in [0.15, 0.2) is 0 Å². The lowest BCUT2D eigenvalue weighted by Crippen LogP contribution is -2.41. The third-order valence-corrected chi connectivity index (χ3v) is 4.61. The molecule has 1 unspecified atom stereocenters. The van der Waals surface area contributed by atoms with Crippen LogP contribution in [0.25, 0.3) is 0 Å². The van der Waals surface area contributed by atoms with Gasteiger partial charge >= 0.3 is 0 Å². The Hall–Kier alpha value is -1.53. The minimum absolute atomic E-state index is 0.182. The lowest BCUT2D eigenvalue weighted by molar-refractivity contribution is -0.138. The Balaban J connectivity index is 0.00000116. The van der Waals surface area contributed by atoms with Crippen LogP contribution in [0.3, 0.4) is 0 Å². The molecule has 0 aromatic rings. The van der Waals surface area contributed by atoms with E-state index in [4.69, 9.17) is 5.73 Å². The quantitative estimate of drug-likeness (QED) is 0.794. The maximum Gasteiger partial charge on any atom is 0.229 e. The first-order valence-electron chi connectivity index (χ1n) is 8.51. The van der Waals surface area contributed by atoms with Gasteiger partial charge < -0.3 is 10.6 Å². The first kappa shape index (κ1) is 18.5. The van der Waals surface area contributed by atoms with Gasteiger partial charge in [-0.05, 0) is 38.8 Å². The Bertz CT molecular complexity index is 479. The van der Waals surface area contributed by atoms with Gasteiger partial charge in [-0.1, -0.05) is 43.9 Å². The van der Waals surface area contributed by atoms with E-state index in [0.717, 1.165) is 25.9 Å². The lowest BCUT2D eigenvalue weighted by Gasteiger charge is -2.30. The van der Waals surface area contributed by atoms with E-state index in [-0.39, 0.29) is 17.2 Å². The molecule has 3 nitrogen and oxygen atoms in total. The molecule has 0 bridgehead atoms. The highest BCUT2D eigenvalue weighted by Gasteiger charge is 2.63. The van der Waals surface area contributed by atoms with Gasteiger partial charge in [0.1, 0.15) is 0 Å². The molecule has 2 N–H and O–H groups in total.